The average Bonchev–Trinajstić information content (AvgIpc) is 2.72. The average molecular weight is 199 g/mol. The maximum atomic E-state index is 11.8. The van der Waals surface area contributed by atoms with Gasteiger partial charge in [-0.3, -0.25) is 4.79 Å². The minimum absolute atomic E-state index is 0.244. The lowest BCUT2D eigenvalue weighted by Crippen LogP contribution is -2.86. The Labute approximate surface area is 84.4 Å². The Bertz CT molecular complexity index is 196. The fourth-order valence-corrected chi connectivity index (χ4v) is 2.16. The van der Waals surface area contributed by atoms with Crippen molar-refractivity contribution in [3.05, 3.63) is 0 Å². The molecule has 80 valence electrons. The predicted molar refractivity (Wildman–Crippen MR) is 51.8 cm³/mol. The molecule has 1 unspecified atom stereocenters. The van der Waals surface area contributed by atoms with E-state index in [0.717, 1.165) is 39.0 Å². The molecule has 0 aromatic carbocycles. The normalized spacial score (nSPS) is 29.0. The van der Waals surface area contributed by atoms with E-state index < -0.39 is 0 Å². The quantitative estimate of drug-likeness (QED) is 0.591. The van der Waals surface area contributed by atoms with Crippen LogP contribution in [0.25, 0.3) is 0 Å². The molecule has 1 atom stereocenters. The second-order valence-electron chi connectivity index (χ2n) is 4.21. The summed E-state index contributed by atoms with van der Waals surface area (Å²) in [5.41, 5.74) is 0. The summed E-state index contributed by atoms with van der Waals surface area (Å²) >= 11 is 0. The maximum absolute atomic E-state index is 11.8. The third-order valence-electron chi connectivity index (χ3n) is 3.09. The van der Waals surface area contributed by atoms with Crippen LogP contribution in [-0.2, 0) is 9.53 Å². The highest BCUT2D eigenvalue weighted by molar-refractivity contribution is 5.79. The number of carbonyl (C=O) groups excluding carboxylic acids is 1. The van der Waals surface area contributed by atoms with Gasteiger partial charge in [0.15, 0.2) is 0 Å². The summed E-state index contributed by atoms with van der Waals surface area (Å²) in [6.07, 6.45) is 3.03. The second kappa shape index (κ2) is 4.75. The molecular formula is C10H19N2O2+. The largest absolute Gasteiger partial charge is 0.379 e. The van der Waals surface area contributed by atoms with E-state index in [0.29, 0.717) is 6.61 Å². The predicted octanol–water partition coefficient (Wildman–Crippen LogP) is -1.14. The standard InChI is InChI=1S/C10H18N2O2/c13-10(8-1-4-11-5-2-8)12-9-3-6-14-7-9/h8-9,11H,1-7H2,(H,12,13)/p+1. The van der Waals surface area contributed by atoms with Gasteiger partial charge in [-0.1, -0.05) is 0 Å². The number of amides is 1. The van der Waals surface area contributed by atoms with Gasteiger partial charge in [-0.05, 0) is 6.42 Å². The molecule has 2 heterocycles. The van der Waals surface area contributed by atoms with Crippen LogP contribution < -0.4 is 10.6 Å². The molecule has 0 aromatic heterocycles. The molecule has 2 aliphatic heterocycles. The van der Waals surface area contributed by atoms with Gasteiger partial charge < -0.3 is 15.4 Å². The number of hydrogen-bond acceptors (Lipinski definition) is 2. The summed E-state index contributed by atoms with van der Waals surface area (Å²) in [5, 5.41) is 5.35. The molecule has 0 bridgehead atoms. The molecule has 4 nitrogen and oxygen atoms in total. The van der Waals surface area contributed by atoms with Crippen molar-refractivity contribution in [1.29, 1.82) is 0 Å². The minimum Gasteiger partial charge on any atom is -0.379 e. The van der Waals surface area contributed by atoms with Gasteiger partial charge in [0.25, 0.3) is 0 Å². The molecule has 2 fully saturated rings. The van der Waals surface area contributed by atoms with E-state index in [1.165, 1.54) is 0 Å². The zero-order chi connectivity index (χ0) is 9.80. The summed E-state index contributed by atoms with van der Waals surface area (Å²) in [5.74, 6) is 0.495. The minimum atomic E-state index is 0.244. The van der Waals surface area contributed by atoms with Crippen LogP contribution in [0.3, 0.4) is 0 Å². The summed E-state index contributed by atoms with van der Waals surface area (Å²) in [7, 11) is 0. The lowest BCUT2D eigenvalue weighted by molar-refractivity contribution is -0.664. The maximum Gasteiger partial charge on any atom is 0.223 e. The molecule has 2 aliphatic rings. The molecule has 2 saturated heterocycles. The van der Waals surface area contributed by atoms with Crippen LogP contribution in [0.1, 0.15) is 19.3 Å². The Morgan fingerprint density at radius 1 is 1.29 bits per heavy atom. The van der Waals surface area contributed by atoms with Crippen LogP contribution in [0.5, 0.6) is 0 Å². The van der Waals surface area contributed by atoms with Gasteiger partial charge in [-0.2, -0.15) is 0 Å². The number of hydrogen-bond donors (Lipinski definition) is 2. The third-order valence-corrected chi connectivity index (χ3v) is 3.09. The summed E-state index contributed by atoms with van der Waals surface area (Å²) in [6, 6.07) is 0.272. The van der Waals surface area contributed by atoms with Crippen LogP contribution in [0.4, 0.5) is 0 Å². The number of nitrogens with two attached hydrogens (primary N) is 1. The van der Waals surface area contributed by atoms with Crippen LogP contribution in [0.2, 0.25) is 0 Å². The summed E-state index contributed by atoms with van der Waals surface area (Å²) in [4.78, 5) is 11.8. The van der Waals surface area contributed by atoms with Crippen LogP contribution in [-0.4, -0.2) is 38.3 Å². The topological polar surface area (TPSA) is 54.9 Å². The first-order valence-corrected chi connectivity index (χ1v) is 5.56. The molecule has 0 saturated carbocycles. The summed E-state index contributed by atoms with van der Waals surface area (Å²) in [6.45, 7) is 3.69. The molecular weight excluding hydrogens is 180 g/mol. The van der Waals surface area contributed by atoms with Crippen molar-refractivity contribution in [3.8, 4) is 0 Å². The van der Waals surface area contributed by atoms with E-state index in [4.69, 9.17) is 4.74 Å². The smallest absolute Gasteiger partial charge is 0.223 e. The lowest BCUT2D eigenvalue weighted by Gasteiger charge is -2.21. The molecule has 0 aliphatic carbocycles. The highest BCUT2D eigenvalue weighted by Crippen LogP contribution is 2.11. The summed E-state index contributed by atoms with van der Waals surface area (Å²) < 4.78 is 5.22. The zero-order valence-electron chi connectivity index (χ0n) is 8.50. The lowest BCUT2D eigenvalue weighted by atomic mass is 9.97. The zero-order valence-corrected chi connectivity index (χ0v) is 8.50. The number of carbonyl (C=O) groups is 1. The first-order valence-electron chi connectivity index (χ1n) is 5.56. The molecule has 1 amide bonds. The van der Waals surface area contributed by atoms with E-state index >= 15 is 0 Å². The molecule has 0 radical (unpaired) electrons. The van der Waals surface area contributed by atoms with E-state index in [1.807, 2.05) is 0 Å². The third kappa shape index (κ3) is 2.45. The van der Waals surface area contributed by atoms with Crippen molar-refractivity contribution in [2.24, 2.45) is 5.92 Å². The van der Waals surface area contributed by atoms with Crippen LogP contribution >= 0.6 is 0 Å². The Morgan fingerprint density at radius 3 is 2.71 bits per heavy atom. The fourth-order valence-electron chi connectivity index (χ4n) is 2.16. The van der Waals surface area contributed by atoms with Gasteiger partial charge in [-0.15, -0.1) is 0 Å². The van der Waals surface area contributed by atoms with Crippen molar-refractivity contribution in [1.82, 2.24) is 5.32 Å². The first kappa shape index (κ1) is 9.93. The molecule has 14 heavy (non-hydrogen) atoms. The molecule has 0 aromatic rings. The Balaban J connectivity index is 1.75. The van der Waals surface area contributed by atoms with Crippen molar-refractivity contribution < 1.29 is 14.8 Å². The highest BCUT2D eigenvalue weighted by atomic mass is 16.5. The van der Waals surface area contributed by atoms with E-state index in [2.05, 4.69) is 10.6 Å². The molecule has 0 spiro atoms. The SMILES string of the molecule is O=C(NC1CCOC1)C1CC[NH2+]CC1. The molecule has 3 N–H and O–H groups in total. The van der Waals surface area contributed by atoms with Crippen molar-refractivity contribution in [2.75, 3.05) is 26.3 Å². The number of nitrogens with one attached hydrogen (secondary N) is 1. The Kier molecular flexibility index (Phi) is 3.37. The van der Waals surface area contributed by atoms with Gasteiger partial charge in [0.2, 0.25) is 5.91 Å². The van der Waals surface area contributed by atoms with Crippen LogP contribution in [0.15, 0.2) is 0 Å². The molecule has 2 rings (SSSR count). The number of piperidine rings is 1. The fraction of sp³-hybridized carbons (Fsp3) is 0.900. The van der Waals surface area contributed by atoms with E-state index in [-0.39, 0.29) is 17.9 Å². The van der Waals surface area contributed by atoms with Crippen molar-refractivity contribution >= 4 is 5.91 Å². The van der Waals surface area contributed by atoms with Gasteiger partial charge in [0.05, 0.1) is 25.7 Å². The van der Waals surface area contributed by atoms with Crippen molar-refractivity contribution in [2.45, 2.75) is 25.3 Å². The van der Waals surface area contributed by atoms with Gasteiger partial charge in [0, 0.05) is 25.4 Å². The van der Waals surface area contributed by atoms with Crippen LogP contribution in [0, 0.1) is 5.92 Å². The monoisotopic (exact) mass is 199 g/mol. The Morgan fingerprint density at radius 2 is 2.07 bits per heavy atom. The number of ether oxygens (including phenoxy) is 1. The molecule has 4 heteroatoms. The number of rotatable bonds is 2. The highest BCUT2D eigenvalue weighted by Gasteiger charge is 2.26. The van der Waals surface area contributed by atoms with Gasteiger partial charge >= 0.3 is 0 Å². The first-order chi connectivity index (χ1) is 6.86. The van der Waals surface area contributed by atoms with E-state index in [1.54, 1.807) is 0 Å². The van der Waals surface area contributed by atoms with Crippen molar-refractivity contribution in [3.63, 3.8) is 0 Å². The number of quaternary nitrogens is 1. The Hall–Kier alpha value is -0.610. The van der Waals surface area contributed by atoms with Gasteiger partial charge in [-0.25, -0.2) is 0 Å². The second-order valence-corrected chi connectivity index (χ2v) is 4.21. The van der Waals surface area contributed by atoms with Gasteiger partial charge in [0.1, 0.15) is 0 Å². The van der Waals surface area contributed by atoms with E-state index in [9.17, 15) is 4.79 Å².